The molecule has 0 aliphatic heterocycles. The Bertz CT molecular complexity index is 632. The largest absolute Gasteiger partial charge is 0.462 e. The lowest BCUT2D eigenvalue weighted by Crippen LogP contribution is -2.30. The summed E-state index contributed by atoms with van der Waals surface area (Å²) in [6.45, 7) is 3.63. The first-order valence-corrected chi connectivity index (χ1v) is 7.23. The molecule has 0 saturated carbocycles. The van der Waals surface area contributed by atoms with Gasteiger partial charge in [-0.2, -0.15) is 5.10 Å². The minimum absolute atomic E-state index is 0.297. The van der Waals surface area contributed by atoms with Crippen LogP contribution in [0.25, 0.3) is 10.8 Å². The number of hydrogen-bond acceptors (Lipinski definition) is 6. The SMILES string of the molecule is CC(Cn1cncn1)NCc1csc(-c2ccco2)n1. The zero-order chi connectivity index (χ0) is 13.8. The topological polar surface area (TPSA) is 68.8 Å². The number of furan rings is 1. The van der Waals surface area contributed by atoms with E-state index in [1.165, 1.54) is 0 Å². The molecule has 0 aliphatic carbocycles. The first-order chi connectivity index (χ1) is 9.81. The van der Waals surface area contributed by atoms with Crippen molar-refractivity contribution in [3.05, 3.63) is 42.1 Å². The molecule has 3 aromatic rings. The minimum Gasteiger partial charge on any atom is -0.462 e. The van der Waals surface area contributed by atoms with E-state index in [1.807, 2.05) is 22.2 Å². The van der Waals surface area contributed by atoms with Crippen molar-refractivity contribution in [3.63, 3.8) is 0 Å². The van der Waals surface area contributed by atoms with E-state index in [1.54, 1.807) is 30.3 Å². The van der Waals surface area contributed by atoms with Gasteiger partial charge in [-0.05, 0) is 19.1 Å². The third-order valence-electron chi connectivity index (χ3n) is 2.84. The molecule has 0 saturated heterocycles. The fourth-order valence-electron chi connectivity index (χ4n) is 1.85. The summed E-state index contributed by atoms with van der Waals surface area (Å²) in [5.41, 5.74) is 1.02. The van der Waals surface area contributed by atoms with Crippen LogP contribution in [-0.2, 0) is 13.1 Å². The molecule has 20 heavy (non-hydrogen) atoms. The zero-order valence-electron chi connectivity index (χ0n) is 11.1. The Hall–Kier alpha value is -1.99. The van der Waals surface area contributed by atoms with Gasteiger partial charge in [-0.3, -0.25) is 4.68 Å². The van der Waals surface area contributed by atoms with Crippen molar-refractivity contribution >= 4 is 11.3 Å². The van der Waals surface area contributed by atoms with Gasteiger partial charge in [0, 0.05) is 18.0 Å². The molecule has 0 radical (unpaired) electrons. The normalized spacial score (nSPS) is 12.7. The van der Waals surface area contributed by atoms with Gasteiger partial charge < -0.3 is 9.73 Å². The summed E-state index contributed by atoms with van der Waals surface area (Å²) in [6, 6.07) is 4.09. The smallest absolute Gasteiger partial charge is 0.162 e. The maximum atomic E-state index is 5.34. The van der Waals surface area contributed by atoms with Gasteiger partial charge in [0.1, 0.15) is 12.7 Å². The summed E-state index contributed by atoms with van der Waals surface area (Å²) in [4.78, 5) is 8.48. The van der Waals surface area contributed by atoms with E-state index in [4.69, 9.17) is 4.42 Å². The Morgan fingerprint density at radius 1 is 1.50 bits per heavy atom. The summed E-state index contributed by atoms with van der Waals surface area (Å²) < 4.78 is 7.15. The number of hydrogen-bond donors (Lipinski definition) is 1. The standard InChI is InChI=1S/C13H15N5OS/c1-10(6-18-9-14-8-16-18)15-5-11-7-20-13(17-11)12-3-2-4-19-12/h2-4,7-10,15H,5-6H2,1H3. The van der Waals surface area contributed by atoms with E-state index in [9.17, 15) is 0 Å². The number of rotatable bonds is 6. The maximum Gasteiger partial charge on any atom is 0.162 e. The highest BCUT2D eigenvalue weighted by Crippen LogP contribution is 2.23. The van der Waals surface area contributed by atoms with Crippen molar-refractivity contribution in [2.75, 3.05) is 0 Å². The minimum atomic E-state index is 0.297. The van der Waals surface area contributed by atoms with E-state index in [0.29, 0.717) is 6.04 Å². The molecule has 1 atom stereocenters. The van der Waals surface area contributed by atoms with Crippen LogP contribution in [0.5, 0.6) is 0 Å². The second-order valence-electron chi connectivity index (χ2n) is 4.52. The molecule has 6 nitrogen and oxygen atoms in total. The predicted octanol–water partition coefficient (Wildman–Crippen LogP) is 2.17. The lowest BCUT2D eigenvalue weighted by atomic mass is 10.3. The molecule has 1 unspecified atom stereocenters. The fraction of sp³-hybridized carbons (Fsp3) is 0.308. The molecule has 0 aliphatic rings. The van der Waals surface area contributed by atoms with Crippen molar-refractivity contribution in [1.29, 1.82) is 0 Å². The van der Waals surface area contributed by atoms with Gasteiger partial charge in [0.05, 0.1) is 18.5 Å². The molecular weight excluding hydrogens is 274 g/mol. The lowest BCUT2D eigenvalue weighted by molar-refractivity contribution is 0.448. The van der Waals surface area contributed by atoms with Crippen LogP contribution in [0.3, 0.4) is 0 Å². The van der Waals surface area contributed by atoms with Crippen LogP contribution in [0.4, 0.5) is 0 Å². The Morgan fingerprint density at radius 3 is 3.20 bits per heavy atom. The van der Waals surface area contributed by atoms with Crippen LogP contribution in [0.15, 0.2) is 40.8 Å². The summed E-state index contributed by atoms with van der Waals surface area (Å²) in [5, 5.41) is 10.5. The molecule has 3 rings (SSSR count). The van der Waals surface area contributed by atoms with E-state index in [-0.39, 0.29) is 0 Å². The van der Waals surface area contributed by atoms with Gasteiger partial charge in [-0.15, -0.1) is 11.3 Å². The molecule has 0 aromatic carbocycles. The molecule has 7 heteroatoms. The lowest BCUT2D eigenvalue weighted by Gasteiger charge is -2.12. The molecule has 3 aromatic heterocycles. The Morgan fingerprint density at radius 2 is 2.45 bits per heavy atom. The van der Waals surface area contributed by atoms with Crippen LogP contribution < -0.4 is 5.32 Å². The molecule has 104 valence electrons. The van der Waals surface area contributed by atoms with E-state index < -0.39 is 0 Å². The second kappa shape index (κ2) is 5.98. The predicted molar refractivity (Wildman–Crippen MR) is 76.1 cm³/mol. The zero-order valence-corrected chi connectivity index (χ0v) is 11.9. The van der Waals surface area contributed by atoms with Gasteiger partial charge in [0.2, 0.25) is 0 Å². The van der Waals surface area contributed by atoms with Crippen LogP contribution in [0.2, 0.25) is 0 Å². The molecular formula is C13H15N5OS. The van der Waals surface area contributed by atoms with Crippen molar-refractivity contribution in [3.8, 4) is 10.8 Å². The van der Waals surface area contributed by atoms with E-state index in [0.717, 1.165) is 29.6 Å². The molecule has 1 N–H and O–H groups in total. The fourth-order valence-corrected chi connectivity index (χ4v) is 2.64. The summed E-state index contributed by atoms with van der Waals surface area (Å²) in [7, 11) is 0. The quantitative estimate of drug-likeness (QED) is 0.753. The first kappa shape index (κ1) is 13.0. The van der Waals surface area contributed by atoms with Crippen molar-refractivity contribution in [2.24, 2.45) is 0 Å². The van der Waals surface area contributed by atoms with E-state index in [2.05, 4.69) is 27.3 Å². The van der Waals surface area contributed by atoms with E-state index >= 15 is 0 Å². The Kier molecular flexibility index (Phi) is 3.89. The summed E-state index contributed by atoms with van der Waals surface area (Å²) >= 11 is 1.59. The number of nitrogens with zero attached hydrogens (tertiary/aromatic N) is 4. The van der Waals surface area contributed by atoms with Crippen molar-refractivity contribution < 1.29 is 4.42 Å². The Balaban J connectivity index is 1.53. The maximum absolute atomic E-state index is 5.34. The van der Waals surface area contributed by atoms with Gasteiger partial charge in [-0.1, -0.05) is 0 Å². The Labute approximate surface area is 120 Å². The highest BCUT2D eigenvalue weighted by atomic mass is 32.1. The molecule has 0 spiro atoms. The second-order valence-corrected chi connectivity index (χ2v) is 5.38. The average Bonchev–Trinajstić information content (AvgIpc) is 3.18. The monoisotopic (exact) mass is 289 g/mol. The van der Waals surface area contributed by atoms with Crippen LogP contribution in [0.1, 0.15) is 12.6 Å². The van der Waals surface area contributed by atoms with Gasteiger partial charge >= 0.3 is 0 Å². The van der Waals surface area contributed by atoms with Gasteiger partial charge in [0.25, 0.3) is 0 Å². The highest BCUT2D eigenvalue weighted by Gasteiger charge is 2.08. The molecule has 0 amide bonds. The third kappa shape index (κ3) is 3.12. The molecule has 0 bridgehead atoms. The number of nitrogens with one attached hydrogen (secondary N) is 1. The summed E-state index contributed by atoms with van der Waals surface area (Å²) in [5.74, 6) is 0.817. The number of thiazole rings is 1. The first-order valence-electron chi connectivity index (χ1n) is 6.35. The van der Waals surface area contributed by atoms with Crippen LogP contribution in [0, 0.1) is 0 Å². The third-order valence-corrected chi connectivity index (χ3v) is 3.75. The van der Waals surface area contributed by atoms with Gasteiger partial charge in [-0.25, -0.2) is 9.97 Å². The van der Waals surface area contributed by atoms with Gasteiger partial charge in [0.15, 0.2) is 10.8 Å². The van der Waals surface area contributed by atoms with Crippen molar-refractivity contribution in [2.45, 2.75) is 26.1 Å². The average molecular weight is 289 g/mol. The molecule has 0 fully saturated rings. The summed E-state index contributed by atoms with van der Waals surface area (Å²) in [6.07, 6.45) is 4.92. The van der Waals surface area contributed by atoms with Crippen LogP contribution in [-0.4, -0.2) is 25.8 Å². The molecule has 3 heterocycles. The number of aromatic nitrogens is 4. The van der Waals surface area contributed by atoms with Crippen molar-refractivity contribution in [1.82, 2.24) is 25.1 Å². The highest BCUT2D eigenvalue weighted by molar-refractivity contribution is 7.13. The van der Waals surface area contributed by atoms with Crippen LogP contribution >= 0.6 is 11.3 Å².